The van der Waals surface area contributed by atoms with Crippen LogP contribution < -0.4 is 4.90 Å². The van der Waals surface area contributed by atoms with E-state index in [2.05, 4.69) is 6.92 Å². The molecule has 29 heavy (non-hydrogen) atoms. The molecule has 0 bridgehead atoms. The normalized spacial score (nSPS) is 15.0. The van der Waals surface area contributed by atoms with Crippen LogP contribution in [-0.2, 0) is 14.4 Å². The first-order valence-corrected chi connectivity index (χ1v) is 10.9. The van der Waals surface area contributed by atoms with E-state index in [1.54, 1.807) is 34.1 Å². The van der Waals surface area contributed by atoms with Crippen molar-refractivity contribution in [3.63, 3.8) is 0 Å². The second-order valence-electron chi connectivity index (χ2n) is 7.54. The van der Waals surface area contributed by atoms with Gasteiger partial charge in [-0.25, -0.2) is 0 Å². The van der Waals surface area contributed by atoms with Gasteiger partial charge in [0.2, 0.25) is 17.7 Å². The van der Waals surface area contributed by atoms with Crippen LogP contribution in [0.15, 0.2) is 24.3 Å². The minimum Gasteiger partial charge on any atom is -0.333 e. The fourth-order valence-corrected chi connectivity index (χ4v) is 3.78. The van der Waals surface area contributed by atoms with Crippen molar-refractivity contribution in [2.45, 2.75) is 52.9 Å². The fourth-order valence-electron chi connectivity index (χ4n) is 3.60. The number of nitrogens with zero attached hydrogens (tertiary/aromatic N) is 3. The molecule has 1 aromatic rings. The van der Waals surface area contributed by atoms with Crippen LogP contribution in [0.4, 0.5) is 5.69 Å². The van der Waals surface area contributed by atoms with Crippen LogP contribution in [0.25, 0.3) is 0 Å². The molecule has 0 radical (unpaired) electrons. The highest BCUT2D eigenvalue weighted by Gasteiger charge is 2.33. The molecule has 7 heteroatoms. The Bertz CT molecular complexity index is 725. The highest BCUT2D eigenvalue weighted by atomic mass is 35.5. The summed E-state index contributed by atoms with van der Waals surface area (Å²) in [5, 5.41) is 0.539. The largest absolute Gasteiger partial charge is 0.333 e. The zero-order chi connectivity index (χ0) is 21.4. The van der Waals surface area contributed by atoms with E-state index in [1.807, 2.05) is 13.8 Å². The van der Waals surface area contributed by atoms with Gasteiger partial charge >= 0.3 is 0 Å². The lowest BCUT2D eigenvalue weighted by molar-refractivity contribution is -0.143. The van der Waals surface area contributed by atoms with Gasteiger partial charge in [0.25, 0.3) is 0 Å². The molecule has 0 spiro atoms. The predicted octanol–water partition coefficient (Wildman–Crippen LogP) is 3.93. The number of benzene rings is 1. The van der Waals surface area contributed by atoms with E-state index in [0.717, 1.165) is 32.1 Å². The molecule has 1 aliphatic heterocycles. The van der Waals surface area contributed by atoms with Crippen LogP contribution in [0.1, 0.15) is 52.9 Å². The highest BCUT2D eigenvalue weighted by molar-refractivity contribution is 6.31. The van der Waals surface area contributed by atoms with Crippen molar-refractivity contribution in [1.82, 2.24) is 9.80 Å². The summed E-state index contributed by atoms with van der Waals surface area (Å²) in [5.74, 6) is -0.343. The third kappa shape index (κ3) is 6.20. The van der Waals surface area contributed by atoms with Crippen LogP contribution in [0, 0.1) is 5.92 Å². The molecular formula is C22H32ClN3O3. The van der Waals surface area contributed by atoms with Crippen LogP contribution >= 0.6 is 11.6 Å². The van der Waals surface area contributed by atoms with E-state index < -0.39 is 0 Å². The zero-order valence-electron chi connectivity index (χ0n) is 17.7. The molecule has 2 rings (SSSR count). The summed E-state index contributed by atoms with van der Waals surface area (Å²) in [6.07, 6.45) is 4.47. The molecule has 1 atom stereocenters. The van der Waals surface area contributed by atoms with Gasteiger partial charge in [-0.1, -0.05) is 51.3 Å². The Balaban J connectivity index is 2.04. The van der Waals surface area contributed by atoms with Gasteiger partial charge in [-0.15, -0.1) is 0 Å². The number of hydrogen-bond acceptors (Lipinski definition) is 3. The Morgan fingerprint density at radius 1 is 1.21 bits per heavy atom. The minimum atomic E-state index is -0.199. The monoisotopic (exact) mass is 421 g/mol. The standard InChI is InChI=1S/C22H32ClN3O3/c1-4-7-9-17(6-3)22(29)24(12-5-2)14-20(27)25-15-21(28)26(16-25)19-11-8-10-18(23)13-19/h8,10-11,13,17H,4-7,9,12,14-16H2,1-3H3/t17-/m1/s1. The van der Waals surface area contributed by atoms with Crippen LogP contribution in [0.3, 0.4) is 0 Å². The molecule has 3 amide bonds. The Morgan fingerprint density at radius 3 is 2.59 bits per heavy atom. The van der Waals surface area contributed by atoms with E-state index in [4.69, 9.17) is 11.6 Å². The van der Waals surface area contributed by atoms with Crippen molar-refractivity contribution in [3.8, 4) is 0 Å². The summed E-state index contributed by atoms with van der Waals surface area (Å²) >= 11 is 6.03. The Hall–Kier alpha value is -2.08. The van der Waals surface area contributed by atoms with Crippen LogP contribution in [0.2, 0.25) is 5.02 Å². The summed E-state index contributed by atoms with van der Waals surface area (Å²) in [6.45, 7) is 6.90. The lowest BCUT2D eigenvalue weighted by atomic mass is 9.97. The molecule has 0 N–H and O–H groups in total. The first kappa shape index (κ1) is 23.2. The summed E-state index contributed by atoms with van der Waals surface area (Å²) in [5.41, 5.74) is 0.671. The van der Waals surface area contributed by atoms with Gasteiger partial charge in [-0.3, -0.25) is 19.3 Å². The Kier molecular flexibility index (Phi) is 8.96. The van der Waals surface area contributed by atoms with Crippen molar-refractivity contribution in [2.75, 3.05) is 31.2 Å². The fraction of sp³-hybridized carbons (Fsp3) is 0.591. The van der Waals surface area contributed by atoms with Crippen molar-refractivity contribution in [1.29, 1.82) is 0 Å². The van der Waals surface area contributed by atoms with Gasteiger partial charge in [-0.2, -0.15) is 0 Å². The highest BCUT2D eigenvalue weighted by Crippen LogP contribution is 2.23. The molecule has 1 fully saturated rings. The van der Waals surface area contributed by atoms with Crippen molar-refractivity contribution in [2.24, 2.45) is 5.92 Å². The molecule has 0 saturated carbocycles. The smallest absolute Gasteiger partial charge is 0.248 e. The summed E-state index contributed by atoms with van der Waals surface area (Å²) in [7, 11) is 0. The molecule has 1 saturated heterocycles. The lowest BCUT2D eigenvalue weighted by Gasteiger charge is -2.28. The molecule has 1 aromatic carbocycles. The van der Waals surface area contributed by atoms with E-state index in [1.165, 1.54) is 4.90 Å². The third-order valence-electron chi connectivity index (χ3n) is 5.29. The topological polar surface area (TPSA) is 60.9 Å². The van der Waals surface area contributed by atoms with Gasteiger partial charge in [0, 0.05) is 23.2 Å². The molecule has 160 valence electrons. The number of carbonyl (C=O) groups is 3. The third-order valence-corrected chi connectivity index (χ3v) is 5.53. The average molecular weight is 422 g/mol. The molecular weight excluding hydrogens is 390 g/mol. The second kappa shape index (κ2) is 11.2. The Labute approximate surface area is 178 Å². The van der Waals surface area contributed by atoms with Crippen molar-refractivity contribution in [3.05, 3.63) is 29.3 Å². The number of halogens is 1. The van der Waals surface area contributed by atoms with Gasteiger partial charge in [0.1, 0.15) is 13.2 Å². The molecule has 1 heterocycles. The van der Waals surface area contributed by atoms with Gasteiger partial charge in [0.15, 0.2) is 0 Å². The number of amides is 3. The maximum absolute atomic E-state index is 13.0. The maximum atomic E-state index is 13.0. The van der Waals surface area contributed by atoms with Gasteiger partial charge in [0.05, 0.1) is 6.54 Å². The van der Waals surface area contributed by atoms with Crippen molar-refractivity contribution >= 4 is 35.0 Å². The number of carbonyl (C=O) groups excluding carboxylic acids is 3. The van der Waals surface area contributed by atoms with Gasteiger partial charge < -0.3 is 9.80 Å². The minimum absolute atomic E-state index is 0.0198. The van der Waals surface area contributed by atoms with E-state index in [9.17, 15) is 14.4 Å². The maximum Gasteiger partial charge on any atom is 0.248 e. The number of rotatable bonds is 10. The Morgan fingerprint density at radius 2 is 1.97 bits per heavy atom. The van der Waals surface area contributed by atoms with E-state index >= 15 is 0 Å². The van der Waals surface area contributed by atoms with Gasteiger partial charge in [-0.05, 0) is 37.5 Å². The first-order valence-electron chi connectivity index (χ1n) is 10.5. The van der Waals surface area contributed by atoms with Crippen molar-refractivity contribution < 1.29 is 14.4 Å². The van der Waals surface area contributed by atoms with E-state index in [-0.39, 0.29) is 43.4 Å². The quantitative estimate of drug-likeness (QED) is 0.575. The second-order valence-corrected chi connectivity index (χ2v) is 7.98. The molecule has 0 aromatic heterocycles. The lowest BCUT2D eigenvalue weighted by Crippen LogP contribution is -2.45. The molecule has 1 aliphatic rings. The molecule has 0 aliphatic carbocycles. The first-order chi connectivity index (χ1) is 13.9. The van der Waals surface area contributed by atoms with Crippen LogP contribution in [-0.4, -0.2) is 53.8 Å². The number of unbranched alkanes of at least 4 members (excludes halogenated alkanes) is 1. The van der Waals surface area contributed by atoms with E-state index in [0.29, 0.717) is 17.3 Å². The SMILES string of the molecule is CCCC[C@@H](CC)C(=O)N(CCC)CC(=O)N1CC(=O)N(c2cccc(Cl)c2)C1. The molecule has 6 nitrogen and oxygen atoms in total. The predicted molar refractivity (Wildman–Crippen MR) is 116 cm³/mol. The number of anilines is 1. The summed E-state index contributed by atoms with van der Waals surface area (Å²) < 4.78 is 0. The summed E-state index contributed by atoms with van der Waals surface area (Å²) in [4.78, 5) is 43.0. The van der Waals surface area contributed by atoms with Crippen LogP contribution in [0.5, 0.6) is 0 Å². The zero-order valence-corrected chi connectivity index (χ0v) is 18.5. The molecule has 0 unspecified atom stereocenters. The average Bonchev–Trinajstić information content (AvgIpc) is 3.10. The number of hydrogen-bond donors (Lipinski definition) is 0. The summed E-state index contributed by atoms with van der Waals surface area (Å²) in [6, 6.07) is 7.02.